The number of esters is 1. The molecule has 0 saturated carbocycles. The predicted octanol–water partition coefficient (Wildman–Crippen LogP) is -0.994. The quantitative estimate of drug-likeness (QED) is 0.131. The summed E-state index contributed by atoms with van der Waals surface area (Å²) in [6, 6.07) is -1.13. The third-order valence-electron chi connectivity index (χ3n) is 4.73. The first-order chi connectivity index (χ1) is 16.3. The van der Waals surface area contributed by atoms with Crippen molar-refractivity contribution >= 4 is 63.9 Å². The normalized spacial score (nSPS) is 20.0. The van der Waals surface area contributed by atoms with Gasteiger partial charge in [-0.15, -0.1) is 11.8 Å². The smallest absolute Gasteiger partial charge is 0.352 e. The molecule has 35 heavy (non-hydrogen) atoms. The summed E-state index contributed by atoms with van der Waals surface area (Å²) in [6.45, 7) is 3.29. The van der Waals surface area contributed by atoms with E-state index in [1.54, 1.807) is 0 Å². The van der Waals surface area contributed by atoms with Crippen LogP contribution in [0.2, 0.25) is 0 Å². The van der Waals surface area contributed by atoms with Gasteiger partial charge in [0.1, 0.15) is 23.7 Å². The Balaban J connectivity index is 1.82. The van der Waals surface area contributed by atoms with Crippen LogP contribution in [0.15, 0.2) is 16.4 Å². The van der Waals surface area contributed by atoms with Crippen molar-refractivity contribution in [1.29, 1.82) is 0 Å². The number of thioether (sulfide) groups is 1. The van der Waals surface area contributed by atoms with Crippen molar-refractivity contribution in [3.63, 3.8) is 0 Å². The maximum absolute atomic E-state index is 13.0. The zero-order chi connectivity index (χ0) is 26.1. The first kappa shape index (κ1) is 25.9. The van der Waals surface area contributed by atoms with E-state index in [2.05, 4.69) is 19.8 Å². The van der Waals surface area contributed by atoms with E-state index in [-0.39, 0.29) is 34.6 Å². The van der Waals surface area contributed by atoms with E-state index in [0.29, 0.717) is 0 Å². The Morgan fingerprint density at radius 1 is 1.31 bits per heavy atom. The highest BCUT2D eigenvalue weighted by molar-refractivity contribution is 8.00. The summed E-state index contributed by atoms with van der Waals surface area (Å²) in [5.74, 6) is -5.14. The summed E-state index contributed by atoms with van der Waals surface area (Å²) >= 11 is 1.92. The third-order valence-corrected chi connectivity index (χ3v) is 6.62. The Hall–Kier alpha value is -3.73. The molecule has 3 rings (SSSR count). The van der Waals surface area contributed by atoms with E-state index in [1.807, 2.05) is 0 Å². The predicted molar refractivity (Wildman–Crippen MR) is 120 cm³/mol. The van der Waals surface area contributed by atoms with Gasteiger partial charge in [0.2, 0.25) is 17.1 Å². The summed E-state index contributed by atoms with van der Waals surface area (Å²) in [5.41, 5.74) is 3.16. The van der Waals surface area contributed by atoms with Crippen molar-refractivity contribution in [2.45, 2.75) is 37.8 Å². The Labute approximate surface area is 205 Å². The zero-order valence-corrected chi connectivity index (χ0v) is 20.1. The highest BCUT2D eigenvalue weighted by Gasteiger charge is 2.54. The van der Waals surface area contributed by atoms with Gasteiger partial charge in [-0.05, 0) is 13.8 Å². The fraction of sp³-hybridized carbons (Fsp3) is 0.444. The number of nitrogens with one attached hydrogen (secondary N) is 1. The van der Waals surface area contributed by atoms with Gasteiger partial charge in [-0.2, -0.15) is 9.36 Å². The van der Waals surface area contributed by atoms with Crippen molar-refractivity contribution < 1.29 is 43.8 Å². The molecule has 5 N–H and O–H groups in total. The van der Waals surface area contributed by atoms with Gasteiger partial charge in [0.15, 0.2) is 5.13 Å². The number of carbonyl (C=O) groups is 5. The number of β-lactam (4-membered cyclic amide) rings is 1. The number of nitrogens with zero attached hydrogens (tertiary/aromatic N) is 4. The molecule has 0 radical (unpaired) electrons. The number of fused-ring (bicyclic) bond motifs is 1. The van der Waals surface area contributed by atoms with Crippen LogP contribution >= 0.6 is 23.3 Å². The molecule has 0 spiro atoms. The van der Waals surface area contributed by atoms with Crippen LogP contribution in [0.25, 0.3) is 0 Å². The number of aliphatic carboxylic acids is 2. The van der Waals surface area contributed by atoms with E-state index in [4.69, 9.17) is 15.3 Å². The van der Waals surface area contributed by atoms with Crippen molar-refractivity contribution in [2.24, 2.45) is 5.16 Å². The van der Waals surface area contributed by atoms with Crippen LogP contribution in [-0.2, 0) is 33.5 Å². The van der Waals surface area contributed by atoms with Gasteiger partial charge < -0.3 is 30.8 Å². The number of aromatic nitrogens is 2. The third kappa shape index (κ3) is 5.35. The van der Waals surface area contributed by atoms with Crippen molar-refractivity contribution in [3.8, 4) is 0 Å². The number of ether oxygens (including phenoxy) is 1. The second-order valence-electron chi connectivity index (χ2n) is 7.70. The topological polar surface area (TPSA) is 224 Å². The molecule has 1 aromatic rings. The first-order valence-electron chi connectivity index (χ1n) is 9.76. The molecule has 0 aliphatic carbocycles. The molecule has 2 aliphatic heterocycles. The van der Waals surface area contributed by atoms with Crippen molar-refractivity contribution in [3.05, 3.63) is 17.1 Å². The van der Waals surface area contributed by atoms with Crippen LogP contribution < -0.4 is 11.1 Å². The molecule has 2 atom stereocenters. The monoisotopic (exact) mass is 528 g/mol. The molecule has 15 nitrogen and oxygen atoms in total. The average Bonchev–Trinajstić information content (AvgIpc) is 3.20. The van der Waals surface area contributed by atoms with Crippen molar-refractivity contribution in [2.75, 3.05) is 18.1 Å². The van der Waals surface area contributed by atoms with Gasteiger partial charge in [0.05, 0.1) is 0 Å². The minimum Gasteiger partial charge on any atom is -0.478 e. The molecular weight excluding hydrogens is 508 g/mol. The lowest BCUT2D eigenvalue weighted by Crippen LogP contribution is -2.71. The lowest BCUT2D eigenvalue weighted by atomic mass is 10.0. The molecule has 0 bridgehead atoms. The molecule has 1 aromatic heterocycles. The summed E-state index contributed by atoms with van der Waals surface area (Å²) in [5, 5.41) is 24.1. The maximum Gasteiger partial charge on any atom is 0.352 e. The van der Waals surface area contributed by atoms with Gasteiger partial charge in [-0.25, -0.2) is 9.59 Å². The summed E-state index contributed by atoms with van der Waals surface area (Å²) in [6.07, 6.45) is 0. The van der Waals surface area contributed by atoms with Gasteiger partial charge in [0, 0.05) is 29.8 Å². The Kier molecular flexibility index (Phi) is 7.30. The first-order valence-corrected chi connectivity index (χ1v) is 11.6. The molecule has 1 fully saturated rings. The summed E-state index contributed by atoms with van der Waals surface area (Å²) in [4.78, 5) is 69.8. The number of carbonyl (C=O) groups excluding carboxylic acids is 3. The molecule has 3 heterocycles. The van der Waals surface area contributed by atoms with Crippen LogP contribution in [0.4, 0.5) is 5.13 Å². The lowest BCUT2D eigenvalue weighted by Gasteiger charge is -2.49. The highest BCUT2D eigenvalue weighted by Crippen LogP contribution is 2.40. The standard InChI is InChI=1S/C18H20N6O9S2/c1-6(25)32-4-7-5-34-14-9(13(27)24(14)10(7)15(28)29)20-12(26)8(11-21-17(19)35-23-11)22-33-18(2,3)16(30)31/h9,14H,4-5H2,1-3H3,(H,20,26)(H,28,29)(H,30,31)(H2,19,21,23)/t9-,14-/m1/s1. The zero-order valence-electron chi connectivity index (χ0n) is 18.5. The van der Waals surface area contributed by atoms with E-state index in [0.717, 1.165) is 28.2 Å². The number of oxime groups is 1. The molecule has 0 aromatic carbocycles. The summed E-state index contributed by atoms with van der Waals surface area (Å²) < 4.78 is 8.75. The Morgan fingerprint density at radius 2 is 2.00 bits per heavy atom. The minimum atomic E-state index is -1.80. The fourth-order valence-electron chi connectivity index (χ4n) is 2.91. The minimum absolute atomic E-state index is 0.00303. The van der Waals surface area contributed by atoms with Gasteiger partial charge in [-0.3, -0.25) is 19.3 Å². The van der Waals surface area contributed by atoms with Crippen LogP contribution in [0.1, 0.15) is 26.6 Å². The Morgan fingerprint density at radius 3 is 2.54 bits per heavy atom. The van der Waals surface area contributed by atoms with E-state index in [9.17, 15) is 34.2 Å². The van der Waals surface area contributed by atoms with Gasteiger partial charge >= 0.3 is 17.9 Å². The fourth-order valence-corrected chi connectivity index (χ4v) is 4.67. The van der Waals surface area contributed by atoms with Crippen LogP contribution in [0, 0.1) is 0 Å². The number of hydrogen-bond donors (Lipinski definition) is 4. The maximum atomic E-state index is 13.0. The lowest BCUT2D eigenvalue weighted by molar-refractivity contribution is -0.161. The number of carboxylic acid groups (broad SMARTS) is 2. The van der Waals surface area contributed by atoms with Gasteiger partial charge in [0.25, 0.3) is 11.8 Å². The summed E-state index contributed by atoms with van der Waals surface area (Å²) in [7, 11) is 0. The highest BCUT2D eigenvalue weighted by atomic mass is 32.2. The second-order valence-corrected chi connectivity index (χ2v) is 9.59. The molecule has 0 unspecified atom stereocenters. The average molecular weight is 529 g/mol. The second kappa shape index (κ2) is 9.87. The SMILES string of the molecule is CC(=O)OCC1=C(C(=O)O)N2C(=O)[C@@H](NC(=O)C(=NOC(C)(C)C(=O)O)c3nsc(N)n3)[C@H]2SC1. The number of anilines is 1. The van der Waals surface area contributed by atoms with Gasteiger partial charge in [-0.1, -0.05) is 5.16 Å². The van der Waals surface area contributed by atoms with E-state index < -0.39 is 52.5 Å². The number of nitrogen functional groups attached to an aromatic ring is 1. The van der Waals surface area contributed by atoms with Crippen molar-refractivity contribution in [1.82, 2.24) is 19.6 Å². The number of rotatable bonds is 9. The number of hydrogen-bond acceptors (Lipinski definition) is 13. The number of nitrogens with two attached hydrogens (primary N) is 1. The Bertz CT molecular complexity index is 1160. The number of amides is 2. The molecule has 17 heteroatoms. The van der Waals surface area contributed by atoms with E-state index in [1.165, 1.54) is 20.8 Å². The number of carboxylic acids is 2. The van der Waals surface area contributed by atoms with E-state index >= 15 is 0 Å². The largest absolute Gasteiger partial charge is 0.478 e. The molecular formula is C18H20N6O9S2. The van der Waals surface area contributed by atoms with Crippen LogP contribution in [0.3, 0.4) is 0 Å². The van der Waals surface area contributed by atoms with Crippen LogP contribution in [0.5, 0.6) is 0 Å². The molecule has 1 saturated heterocycles. The molecule has 2 aliphatic rings. The molecule has 2 amide bonds. The molecule has 188 valence electrons. The van der Waals surface area contributed by atoms with Crippen LogP contribution in [-0.4, -0.2) is 89.3 Å².